The summed E-state index contributed by atoms with van der Waals surface area (Å²) in [5.74, 6) is 0.892. The molecule has 1 fully saturated rings. The standard InChI is InChI=1S/C21H24N4O4/c1-12-9-18(29-23-12)21(27)25-8-4-5-15(10-25)17-7-6-16(11-26)20(22-17)19-13(2)24-28-14(19)3/h6-7,9,15,26H,4-5,8,10-11H2,1-3H3. The van der Waals surface area contributed by atoms with Crippen LogP contribution in [0.25, 0.3) is 11.3 Å². The van der Waals surface area contributed by atoms with Gasteiger partial charge in [-0.1, -0.05) is 16.4 Å². The van der Waals surface area contributed by atoms with E-state index in [0.717, 1.165) is 35.4 Å². The third-order valence-corrected chi connectivity index (χ3v) is 5.41. The van der Waals surface area contributed by atoms with Gasteiger partial charge in [-0.2, -0.15) is 0 Å². The molecule has 1 amide bonds. The Hall–Kier alpha value is -3.00. The highest BCUT2D eigenvalue weighted by molar-refractivity contribution is 5.91. The second-order valence-corrected chi connectivity index (χ2v) is 7.52. The Bertz CT molecular complexity index is 1020. The summed E-state index contributed by atoms with van der Waals surface area (Å²) in [6, 6.07) is 5.49. The molecule has 1 aliphatic heterocycles. The maximum Gasteiger partial charge on any atom is 0.292 e. The molecule has 152 valence electrons. The summed E-state index contributed by atoms with van der Waals surface area (Å²) >= 11 is 0. The van der Waals surface area contributed by atoms with Crippen LogP contribution in [-0.4, -0.2) is 44.3 Å². The van der Waals surface area contributed by atoms with Gasteiger partial charge in [-0.3, -0.25) is 9.78 Å². The van der Waals surface area contributed by atoms with E-state index in [0.29, 0.717) is 30.2 Å². The molecule has 0 spiro atoms. The molecule has 1 N–H and O–H groups in total. The number of aliphatic hydroxyl groups excluding tert-OH is 1. The molecule has 29 heavy (non-hydrogen) atoms. The molecule has 1 aliphatic rings. The largest absolute Gasteiger partial charge is 0.392 e. The van der Waals surface area contributed by atoms with Crippen LogP contribution in [0, 0.1) is 20.8 Å². The van der Waals surface area contributed by atoms with Crippen LogP contribution in [0.1, 0.15) is 57.7 Å². The van der Waals surface area contributed by atoms with Gasteiger partial charge in [-0.05, 0) is 39.7 Å². The third kappa shape index (κ3) is 3.67. The Kier molecular flexibility index (Phi) is 5.19. The van der Waals surface area contributed by atoms with Crippen LogP contribution < -0.4 is 0 Å². The predicted molar refractivity (Wildman–Crippen MR) is 104 cm³/mol. The highest BCUT2D eigenvalue weighted by atomic mass is 16.5. The number of rotatable bonds is 4. The van der Waals surface area contributed by atoms with Crippen LogP contribution in [-0.2, 0) is 6.61 Å². The predicted octanol–water partition coefficient (Wildman–Crippen LogP) is 3.16. The van der Waals surface area contributed by atoms with E-state index in [1.165, 1.54) is 0 Å². The fourth-order valence-electron chi connectivity index (χ4n) is 3.92. The molecule has 0 aliphatic carbocycles. The molecule has 8 nitrogen and oxygen atoms in total. The average molecular weight is 396 g/mol. The Labute approximate surface area is 168 Å². The van der Waals surface area contributed by atoms with Crippen molar-refractivity contribution in [1.29, 1.82) is 0 Å². The lowest BCUT2D eigenvalue weighted by atomic mass is 9.92. The van der Waals surface area contributed by atoms with Gasteiger partial charge < -0.3 is 19.1 Å². The maximum absolute atomic E-state index is 12.8. The van der Waals surface area contributed by atoms with Gasteiger partial charge in [0.15, 0.2) is 0 Å². The van der Waals surface area contributed by atoms with Gasteiger partial charge >= 0.3 is 0 Å². The van der Waals surface area contributed by atoms with Gasteiger partial charge in [0.1, 0.15) is 5.76 Å². The van der Waals surface area contributed by atoms with E-state index in [4.69, 9.17) is 14.0 Å². The Morgan fingerprint density at radius 1 is 1.24 bits per heavy atom. The number of piperidine rings is 1. The van der Waals surface area contributed by atoms with Gasteiger partial charge in [-0.25, -0.2) is 0 Å². The quantitative estimate of drug-likeness (QED) is 0.722. The van der Waals surface area contributed by atoms with Crippen LogP contribution in [0.3, 0.4) is 0 Å². The first-order valence-corrected chi connectivity index (χ1v) is 9.74. The monoisotopic (exact) mass is 396 g/mol. The zero-order valence-corrected chi connectivity index (χ0v) is 16.8. The number of pyridine rings is 1. The van der Waals surface area contributed by atoms with Crippen molar-refractivity contribution >= 4 is 5.91 Å². The summed E-state index contributed by atoms with van der Waals surface area (Å²) in [7, 11) is 0. The number of nitrogens with zero attached hydrogens (tertiary/aromatic N) is 4. The number of aliphatic hydroxyl groups is 1. The molecule has 3 aromatic rings. The van der Waals surface area contributed by atoms with Crippen molar-refractivity contribution in [3.8, 4) is 11.3 Å². The molecular formula is C21H24N4O4. The lowest BCUT2D eigenvalue weighted by Crippen LogP contribution is -2.39. The molecule has 1 saturated heterocycles. The first kappa shape index (κ1) is 19.3. The van der Waals surface area contributed by atoms with Gasteiger partial charge in [0.25, 0.3) is 5.91 Å². The summed E-state index contributed by atoms with van der Waals surface area (Å²) in [5.41, 5.74) is 4.55. The first-order chi connectivity index (χ1) is 14.0. The minimum Gasteiger partial charge on any atom is -0.392 e. The average Bonchev–Trinajstić information content (AvgIpc) is 3.32. The number of carbonyl (C=O) groups is 1. The first-order valence-electron chi connectivity index (χ1n) is 9.74. The van der Waals surface area contributed by atoms with Crippen LogP contribution in [0.5, 0.6) is 0 Å². The highest BCUT2D eigenvalue weighted by Gasteiger charge is 2.29. The van der Waals surface area contributed by atoms with E-state index in [1.54, 1.807) is 17.9 Å². The molecule has 0 saturated carbocycles. The van der Waals surface area contributed by atoms with Crippen LogP contribution in [0.4, 0.5) is 0 Å². The second-order valence-electron chi connectivity index (χ2n) is 7.52. The third-order valence-electron chi connectivity index (χ3n) is 5.41. The van der Waals surface area contributed by atoms with Crippen molar-refractivity contribution < 1.29 is 18.9 Å². The number of amides is 1. The summed E-state index contributed by atoms with van der Waals surface area (Å²) in [6.45, 7) is 6.62. The van der Waals surface area contributed by atoms with Gasteiger partial charge in [0.05, 0.1) is 29.3 Å². The van der Waals surface area contributed by atoms with Crippen LogP contribution in [0.2, 0.25) is 0 Å². The minimum absolute atomic E-state index is 0.101. The SMILES string of the molecule is Cc1cc(C(=O)N2CCCC(c3ccc(CO)c(-c4c(C)noc4C)n3)C2)on1. The highest BCUT2D eigenvalue weighted by Crippen LogP contribution is 2.32. The van der Waals surface area contributed by atoms with Gasteiger partial charge in [-0.15, -0.1) is 0 Å². The van der Waals surface area contributed by atoms with Crippen molar-refractivity contribution in [3.05, 3.63) is 52.4 Å². The maximum atomic E-state index is 12.8. The molecule has 3 aromatic heterocycles. The van der Waals surface area contributed by atoms with Gasteiger partial charge in [0.2, 0.25) is 5.76 Å². The molecule has 0 radical (unpaired) electrons. The van der Waals surface area contributed by atoms with Crippen molar-refractivity contribution in [2.75, 3.05) is 13.1 Å². The Balaban J connectivity index is 1.63. The number of hydrogen-bond acceptors (Lipinski definition) is 7. The number of likely N-dealkylation sites (tertiary alicyclic amines) is 1. The summed E-state index contributed by atoms with van der Waals surface area (Å²) in [5, 5.41) is 17.6. The summed E-state index contributed by atoms with van der Waals surface area (Å²) in [6.07, 6.45) is 1.82. The molecule has 0 bridgehead atoms. The van der Waals surface area contributed by atoms with E-state index in [9.17, 15) is 9.90 Å². The molecule has 0 aromatic carbocycles. The smallest absolute Gasteiger partial charge is 0.292 e. The summed E-state index contributed by atoms with van der Waals surface area (Å²) < 4.78 is 10.4. The van der Waals surface area contributed by atoms with Crippen molar-refractivity contribution in [2.45, 2.75) is 46.1 Å². The Morgan fingerprint density at radius 3 is 2.72 bits per heavy atom. The van der Waals surface area contributed by atoms with Crippen molar-refractivity contribution in [2.24, 2.45) is 0 Å². The van der Waals surface area contributed by atoms with Gasteiger partial charge in [0, 0.05) is 36.3 Å². The molecule has 4 rings (SSSR count). The van der Waals surface area contributed by atoms with Crippen LogP contribution >= 0.6 is 0 Å². The molecule has 1 unspecified atom stereocenters. The lowest BCUT2D eigenvalue weighted by Gasteiger charge is -2.32. The van der Waals surface area contributed by atoms with E-state index in [-0.39, 0.29) is 24.2 Å². The normalized spacial score (nSPS) is 17.0. The lowest BCUT2D eigenvalue weighted by molar-refractivity contribution is 0.0664. The zero-order valence-electron chi connectivity index (χ0n) is 16.8. The second kappa shape index (κ2) is 7.79. The van der Waals surface area contributed by atoms with Crippen molar-refractivity contribution in [3.63, 3.8) is 0 Å². The molecule has 8 heteroatoms. The topological polar surface area (TPSA) is 105 Å². The zero-order chi connectivity index (χ0) is 20.5. The summed E-state index contributed by atoms with van der Waals surface area (Å²) in [4.78, 5) is 19.4. The number of hydrogen-bond donors (Lipinski definition) is 1. The number of aromatic nitrogens is 3. The van der Waals surface area contributed by atoms with E-state index in [2.05, 4.69) is 10.3 Å². The fraction of sp³-hybridized carbons (Fsp3) is 0.429. The molecule has 1 atom stereocenters. The van der Waals surface area contributed by atoms with Crippen molar-refractivity contribution in [1.82, 2.24) is 20.2 Å². The van der Waals surface area contributed by atoms with E-state index >= 15 is 0 Å². The molecular weight excluding hydrogens is 372 g/mol. The van der Waals surface area contributed by atoms with Crippen LogP contribution in [0.15, 0.2) is 27.2 Å². The fourth-order valence-corrected chi connectivity index (χ4v) is 3.92. The number of carbonyl (C=O) groups excluding carboxylic acids is 1. The molecule has 4 heterocycles. The van der Waals surface area contributed by atoms with E-state index in [1.807, 2.05) is 26.0 Å². The number of aryl methyl sites for hydroxylation is 3. The van der Waals surface area contributed by atoms with E-state index < -0.39 is 0 Å². The Morgan fingerprint density at radius 2 is 2.07 bits per heavy atom. The minimum atomic E-state index is -0.145.